The fraction of sp³-hybridized carbons (Fsp3) is 0.182. The average molecular weight is 466 g/mol. The number of aliphatic hydroxyl groups excluding tert-OH is 1. The summed E-state index contributed by atoms with van der Waals surface area (Å²) >= 11 is 2.68. The molecule has 2 aromatic heterocycles. The van der Waals surface area contributed by atoms with Crippen molar-refractivity contribution < 1.29 is 14.6 Å². The van der Waals surface area contributed by atoms with Crippen molar-refractivity contribution in [2.24, 2.45) is 5.10 Å². The molecule has 1 amide bonds. The van der Waals surface area contributed by atoms with Gasteiger partial charge in [0.1, 0.15) is 29.1 Å². The van der Waals surface area contributed by atoms with E-state index in [0.29, 0.717) is 15.8 Å². The Balaban J connectivity index is 1.51. The lowest BCUT2D eigenvalue weighted by Crippen LogP contribution is -2.34. The van der Waals surface area contributed by atoms with Gasteiger partial charge in [-0.3, -0.25) is 4.79 Å². The summed E-state index contributed by atoms with van der Waals surface area (Å²) in [5.74, 6) is 0.614. The first-order chi connectivity index (χ1) is 15.7. The van der Waals surface area contributed by atoms with Crippen molar-refractivity contribution in [1.29, 1.82) is 0 Å². The Morgan fingerprint density at radius 2 is 2.06 bits per heavy atom. The van der Waals surface area contributed by atoms with Gasteiger partial charge in [0.05, 0.1) is 12.9 Å². The monoisotopic (exact) mass is 465 g/mol. The SMILES string of the molecule is COc1ccc([C@@H]2[C@@H](O)C(c3c[nH]c4ccccc34)=NN2C(=O)CSc2nncs2)cc1. The molecule has 1 aliphatic rings. The maximum atomic E-state index is 13.2. The van der Waals surface area contributed by atoms with Crippen LogP contribution in [0.3, 0.4) is 0 Å². The zero-order valence-corrected chi connectivity index (χ0v) is 18.6. The van der Waals surface area contributed by atoms with Gasteiger partial charge in [0.15, 0.2) is 4.34 Å². The van der Waals surface area contributed by atoms with Gasteiger partial charge in [0.25, 0.3) is 5.91 Å². The largest absolute Gasteiger partial charge is 0.497 e. The van der Waals surface area contributed by atoms with Gasteiger partial charge in [0, 0.05) is 22.7 Å². The van der Waals surface area contributed by atoms with E-state index in [1.165, 1.54) is 28.1 Å². The van der Waals surface area contributed by atoms with E-state index in [1.54, 1.807) is 12.6 Å². The number of hydrogen-bond acceptors (Lipinski definition) is 8. The molecule has 8 nitrogen and oxygen atoms in total. The van der Waals surface area contributed by atoms with Crippen molar-refractivity contribution in [3.05, 3.63) is 71.4 Å². The van der Waals surface area contributed by atoms with Gasteiger partial charge < -0.3 is 14.8 Å². The van der Waals surface area contributed by atoms with Gasteiger partial charge in [-0.25, -0.2) is 5.01 Å². The third-order valence-electron chi connectivity index (χ3n) is 5.30. The molecule has 0 saturated carbocycles. The summed E-state index contributed by atoms with van der Waals surface area (Å²) in [6.07, 6.45) is 0.833. The normalized spacial score (nSPS) is 18.2. The van der Waals surface area contributed by atoms with E-state index in [0.717, 1.165) is 22.0 Å². The van der Waals surface area contributed by atoms with E-state index >= 15 is 0 Å². The molecule has 2 atom stereocenters. The number of amides is 1. The predicted molar refractivity (Wildman–Crippen MR) is 124 cm³/mol. The molecule has 0 aliphatic carbocycles. The summed E-state index contributed by atoms with van der Waals surface area (Å²) in [6, 6.07) is 14.5. The fourth-order valence-corrected chi connectivity index (χ4v) is 5.11. The van der Waals surface area contributed by atoms with Crippen LogP contribution in [0.2, 0.25) is 0 Å². The molecule has 162 valence electrons. The fourth-order valence-electron chi connectivity index (χ4n) is 3.77. The van der Waals surface area contributed by atoms with E-state index in [4.69, 9.17) is 4.74 Å². The number of nitrogens with zero attached hydrogens (tertiary/aromatic N) is 4. The Hall–Kier alpha value is -3.21. The quantitative estimate of drug-likeness (QED) is 0.423. The third kappa shape index (κ3) is 3.77. The number of H-pyrrole nitrogens is 1. The molecule has 2 aromatic carbocycles. The van der Waals surface area contributed by atoms with E-state index in [-0.39, 0.29) is 11.7 Å². The molecule has 5 rings (SSSR count). The standard InChI is InChI=1S/C22H19N5O3S2/c1-30-14-8-6-13(7-9-14)20-21(29)19(16-10-23-17-5-3-2-4-15(16)17)26-27(20)18(28)11-31-22-25-24-12-32-22/h2-10,12,20-21,23,29H,11H2,1H3/t20-,21+/m1/s1. The summed E-state index contributed by atoms with van der Waals surface area (Å²) < 4.78 is 5.96. The van der Waals surface area contributed by atoms with Crippen LogP contribution >= 0.6 is 23.1 Å². The molecule has 10 heteroatoms. The molecule has 0 saturated heterocycles. The Kier molecular flexibility index (Phi) is 5.64. The van der Waals surface area contributed by atoms with Crippen LogP contribution in [0.1, 0.15) is 17.2 Å². The summed E-state index contributed by atoms with van der Waals surface area (Å²) in [5.41, 5.74) is 4.57. The van der Waals surface area contributed by atoms with Crippen molar-refractivity contribution >= 4 is 45.6 Å². The van der Waals surface area contributed by atoms with E-state index < -0.39 is 12.1 Å². The van der Waals surface area contributed by atoms with Crippen LogP contribution in [0, 0.1) is 0 Å². The number of nitrogens with one attached hydrogen (secondary N) is 1. The molecule has 0 fully saturated rings. The Bertz CT molecular complexity index is 1270. The van der Waals surface area contributed by atoms with Gasteiger partial charge in [0.2, 0.25) is 0 Å². The number of para-hydroxylation sites is 1. The molecule has 32 heavy (non-hydrogen) atoms. The van der Waals surface area contributed by atoms with E-state index in [1.807, 2.05) is 54.7 Å². The Labute approximate surface area is 191 Å². The first-order valence-electron chi connectivity index (χ1n) is 9.83. The van der Waals surface area contributed by atoms with Crippen molar-refractivity contribution in [2.45, 2.75) is 16.5 Å². The van der Waals surface area contributed by atoms with Gasteiger partial charge in [-0.1, -0.05) is 53.4 Å². The number of hydrazone groups is 1. The smallest absolute Gasteiger partial charge is 0.253 e. The molecule has 0 radical (unpaired) electrons. The topological polar surface area (TPSA) is 104 Å². The zero-order chi connectivity index (χ0) is 22.1. The molecule has 4 aromatic rings. The average Bonchev–Trinajstić information content (AvgIpc) is 3.56. The maximum Gasteiger partial charge on any atom is 0.253 e. The highest BCUT2D eigenvalue weighted by Crippen LogP contribution is 2.36. The summed E-state index contributed by atoms with van der Waals surface area (Å²) in [5, 5.41) is 26.1. The number of benzene rings is 2. The third-order valence-corrected chi connectivity index (χ3v) is 7.14. The number of methoxy groups -OCH3 is 1. The van der Waals surface area contributed by atoms with Crippen molar-refractivity contribution in [2.75, 3.05) is 12.9 Å². The number of aromatic amines is 1. The molecular weight excluding hydrogens is 446 g/mol. The lowest BCUT2D eigenvalue weighted by Gasteiger charge is -2.24. The molecule has 0 unspecified atom stereocenters. The minimum atomic E-state index is -0.988. The van der Waals surface area contributed by atoms with Gasteiger partial charge in [-0.2, -0.15) is 5.10 Å². The number of ether oxygens (including phenoxy) is 1. The van der Waals surface area contributed by atoms with Crippen LogP contribution in [0.15, 0.2) is 69.7 Å². The minimum Gasteiger partial charge on any atom is -0.497 e. The lowest BCUT2D eigenvalue weighted by atomic mass is 9.95. The van der Waals surface area contributed by atoms with Crippen LogP contribution < -0.4 is 4.74 Å². The summed E-state index contributed by atoms with van der Waals surface area (Å²) in [4.78, 5) is 16.4. The first-order valence-corrected chi connectivity index (χ1v) is 11.7. The van der Waals surface area contributed by atoms with Gasteiger partial charge in [-0.05, 0) is 23.8 Å². The second kappa shape index (κ2) is 8.73. The number of hydrogen-bond donors (Lipinski definition) is 2. The van der Waals surface area contributed by atoms with Crippen LogP contribution in [0.25, 0.3) is 10.9 Å². The van der Waals surface area contributed by atoms with Crippen LogP contribution in [-0.2, 0) is 4.79 Å². The summed E-state index contributed by atoms with van der Waals surface area (Å²) in [7, 11) is 1.60. The Morgan fingerprint density at radius 3 is 2.81 bits per heavy atom. The van der Waals surface area contributed by atoms with Crippen molar-refractivity contribution in [3.63, 3.8) is 0 Å². The highest BCUT2D eigenvalue weighted by molar-refractivity contribution is 8.01. The minimum absolute atomic E-state index is 0.138. The molecule has 0 spiro atoms. The van der Waals surface area contributed by atoms with Crippen molar-refractivity contribution in [3.8, 4) is 5.75 Å². The van der Waals surface area contributed by atoms with Gasteiger partial charge >= 0.3 is 0 Å². The highest BCUT2D eigenvalue weighted by atomic mass is 32.2. The van der Waals surface area contributed by atoms with Gasteiger partial charge in [-0.15, -0.1) is 10.2 Å². The van der Waals surface area contributed by atoms with Crippen molar-refractivity contribution in [1.82, 2.24) is 20.2 Å². The number of rotatable bonds is 6. The van der Waals surface area contributed by atoms with Crippen LogP contribution in [-0.4, -0.2) is 55.9 Å². The molecule has 3 heterocycles. The second-order valence-electron chi connectivity index (χ2n) is 7.13. The molecule has 2 N–H and O–H groups in total. The van der Waals surface area contributed by atoms with Crippen LogP contribution in [0.5, 0.6) is 5.75 Å². The number of aromatic nitrogens is 3. The molecule has 0 bridgehead atoms. The lowest BCUT2D eigenvalue weighted by molar-refractivity contribution is -0.131. The summed E-state index contributed by atoms with van der Waals surface area (Å²) in [6.45, 7) is 0. The number of carbonyl (C=O) groups excluding carboxylic acids is 1. The number of thioether (sulfide) groups is 1. The van der Waals surface area contributed by atoms with E-state index in [9.17, 15) is 9.90 Å². The predicted octanol–water partition coefficient (Wildman–Crippen LogP) is 3.47. The Morgan fingerprint density at radius 1 is 1.25 bits per heavy atom. The van der Waals surface area contributed by atoms with E-state index in [2.05, 4.69) is 20.3 Å². The second-order valence-corrected chi connectivity index (χ2v) is 9.18. The number of carbonyl (C=O) groups is 1. The molecule has 1 aliphatic heterocycles. The number of fused-ring (bicyclic) bond motifs is 1. The number of aliphatic hydroxyl groups is 1. The highest BCUT2D eigenvalue weighted by Gasteiger charge is 2.41. The maximum absolute atomic E-state index is 13.2. The first kappa shape index (κ1) is 20.7. The van der Waals surface area contributed by atoms with Crippen LogP contribution in [0.4, 0.5) is 0 Å². The molecular formula is C22H19N5O3S2. The zero-order valence-electron chi connectivity index (χ0n) is 17.0.